The Morgan fingerprint density at radius 2 is 1.86 bits per heavy atom. The molecule has 1 atom stereocenters. The molecule has 6 nitrogen and oxygen atoms in total. The van der Waals surface area contributed by atoms with Crippen LogP contribution in [0, 0.1) is 0 Å². The minimum atomic E-state index is -0.532. The smallest absolute Gasteiger partial charge is 0.408 e. The summed E-state index contributed by atoms with van der Waals surface area (Å²) in [7, 11) is 0. The predicted octanol–water partition coefficient (Wildman–Crippen LogP) is 4.13. The van der Waals surface area contributed by atoms with Gasteiger partial charge in [0.1, 0.15) is 0 Å². The summed E-state index contributed by atoms with van der Waals surface area (Å²) in [5.41, 5.74) is 3.40. The number of H-pyrrole nitrogens is 1. The fraction of sp³-hybridized carbons (Fsp3) is 0.0952. The van der Waals surface area contributed by atoms with Crippen LogP contribution >= 0.6 is 11.6 Å². The molecule has 0 spiro atoms. The number of aromatic amines is 1. The van der Waals surface area contributed by atoms with Crippen molar-refractivity contribution in [3.63, 3.8) is 0 Å². The minimum Gasteiger partial charge on any atom is -0.408 e. The van der Waals surface area contributed by atoms with Gasteiger partial charge in [0.25, 0.3) is 0 Å². The van der Waals surface area contributed by atoms with E-state index in [0.29, 0.717) is 28.2 Å². The number of amides is 1. The largest absolute Gasteiger partial charge is 0.417 e. The predicted molar refractivity (Wildman–Crippen MR) is 108 cm³/mol. The number of rotatable bonds is 5. The Morgan fingerprint density at radius 1 is 1.11 bits per heavy atom. The fourth-order valence-electron chi connectivity index (χ4n) is 3.07. The maximum atomic E-state index is 13.1. The molecule has 1 amide bonds. The molecule has 140 valence electrons. The van der Waals surface area contributed by atoms with E-state index in [9.17, 15) is 9.59 Å². The highest BCUT2D eigenvalue weighted by molar-refractivity contribution is 6.30. The zero-order valence-corrected chi connectivity index (χ0v) is 15.4. The molecule has 2 N–H and O–H groups in total. The van der Waals surface area contributed by atoms with Gasteiger partial charge in [0.15, 0.2) is 5.58 Å². The Morgan fingerprint density at radius 3 is 2.61 bits per heavy atom. The molecule has 0 saturated heterocycles. The van der Waals surface area contributed by atoms with Gasteiger partial charge in [-0.3, -0.25) is 14.8 Å². The highest BCUT2D eigenvalue weighted by atomic mass is 35.5. The number of hydrogen-bond donors (Lipinski definition) is 2. The highest BCUT2D eigenvalue weighted by Gasteiger charge is 2.22. The van der Waals surface area contributed by atoms with Crippen molar-refractivity contribution in [2.45, 2.75) is 12.3 Å². The van der Waals surface area contributed by atoms with Gasteiger partial charge in [-0.15, -0.1) is 0 Å². The van der Waals surface area contributed by atoms with Crippen LogP contribution in [0.4, 0.5) is 5.69 Å². The lowest BCUT2D eigenvalue weighted by Crippen LogP contribution is -2.23. The third-order valence-electron chi connectivity index (χ3n) is 4.46. The SMILES string of the molecule is O=C(Nc1ccc2oc(=O)[nH]c2c1)C(Cc1ccncc1)c1ccc(Cl)cc1. The van der Waals surface area contributed by atoms with E-state index in [4.69, 9.17) is 16.0 Å². The summed E-state index contributed by atoms with van der Waals surface area (Å²) in [5.74, 6) is -1.11. The number of carbonyl (C=O) groups is 1. The molecule has 0 bridgehead atoms. The van der Waals surface area contributed by atoms with Crippen molar-refractivity contribution in [3.05, 3.63) is 93.7 Å². The van der Waals surface area contributed by atoms with E-state index in [1.165, 1.54) is 0 Å². The van der Waals surface area contributed by atoms with Crippen LogP contribution in [0.1, 0.15) is 17.0 Å². The Labute approximate surface area is 165 Å². The average molecular weight is 394 g/mol. The normalized spacial score (nSPS) is 12.0. The van der Waals surface area contributed by atoms with Gasteiger partial charge >= 0.3 is 5.76 Å². The molecular weight excluding hydrogens is 378 g/mol. The van der Waals surface area contributed by atoms with E-state index in [2.05, 4.69) is 15.3 Å². The van der Waals surface area contributed by atoms with Crippen LogP contribution in [-0.4, -0.2) is 15.9 Å². The molecule has 4 aromatic rings. The first-order valence-corrected chi connectivity index (χ1v) is 9.04. The Balaban J connectivity index is 1.62. The first-order valence-electron chi connectivity index (χ1n) is 8.66. The molecule has 0 aliphatic heterocycles. The number of nitrogens with one attached hydrogen (secondary N) is 2. The fourth-order valence-corrected chi connectivity index (χ4v) is 3.20. The number of hydrogen-bond acceptors (Lipinski definition) is 4. The van der Waals surface area contributed by atoms with Gasteiger partial charge in [-0.05, 0) is 60.0 Å². The zero-order chi connectivity index (χ0) is 19.5. The molecule has 2 aromatic carbocycles. The minimum absolute atomic E-state index is 0.163. The van der Waals surface area contributed by atoms with Gasteiger partial charge in [0, 0.05) is 23.1 Å². The second-order valence-electron chi connectivity index (χ2n) is 6.38. The summed E-state index contributed by atoms with van der Waals surface area (Å²) in [5, 5.41) is 3.54. The number of aromatic nitrogens is 2. The highest BCUT2D eigenvalue weighted by Crippen LogP contribution is 2.25. The second-order valence-corrected chi connectivity index (χ2v) is 6.81. The van der Waals surface area contributed by atoms with Crippen LogP contribution in [0.5, 0.6) is 0 Å². The number of fused-ring (bicyclic) bond motifs is 1. The molecule has 1 unspecified atom stereocenters. The lowest BCUT2D eigenvalue weighted by molar-refractivity contribution is -0.117. The lowest BCUT2D eigenvalue weighted by atomic mass is 9.91. The monoisotopic (exact) mass is 393 g/mol. The Bertz CT molecular complexity index is 1170. The first kappa shape index (κ1) is 18.0. The van der Waals surface area contributed by atoms with Crippen LogP contribution in [0.3, 0.4) is 0 Å². The molecule has 7 heteroatoms. The molecule has 4 rings (SSSR count). The molecule has 0 fully saturated rings. The van der Waals surface area contributed by atoms with Gasteiger partial charge in [-0.2, -0.15) is 0 Å². The Hall–Kier alpha value is -3.38. The van der Waals surface area contributed by atoms with Crippen molar-refractivity contribution in [2.75, 3.05) is 5.32 Å². The molecule has 2 heterocycles. The molecule has 0 aliphatic rings. The van der Waals surface area contributed by atoms with Crippen molar-refractivity contribution in [1.29, 1.82) is 0 Å². The zero-order valence-electron chi connectivity index (χ0n) is 14.7. The van der Waals surface area contributed by atoms with Crippen molar-refractivity contribution in [2.24, 2.45) is 0 Å². The quantitative estimate of drug-likeness (QED) is 0.533. The van der Waals surface area contributed by atoms with Gasteiger partial charge in [-0.1, -0.05) is 23.7 Å². The van der Waals surface area contributed by atoms with E-state index in [-0.39, 0.29) is 5.91 Å². The van der Waals surface area contributed by atoms with E-state index in [1.807, 2.05) is 24.3 Å². The Kier molecular flexibility index (Phi) is 4.95. The van der Waals surface area contributed by atoms with Gasteiger partial charge in [0.05, 0.1) is 11.4 Å². The number of oxazole rings is 1. The van der Waals surface area contributed by atoms with E-state index in [0.717, 1.165) is 11.1 Å². The van der Waals surface area contributed by atoms with Crippen LogP contribution in [-0.2, 0) is 11.2 Å². The molecule has 28 heavy (non-hydrogen) atoms. The van der Waals surface area contributed by atoms with Crippen molar-refractivity contribution >= 4 is 34.3 Å². The van der Waals surface area contributed by atoms with Gasteiger partial charge < -0.3 is 9.73 Å². The van der Waals surface area contributed by atoms with Crippen LogP contribution in [0.25, 0.3) is 11.1 Å². The molecular formula is C21H16ClN3O3. The number of anilines is 1. The summed E-state index contributed by atoms with van der Waals surface area (Å²) >= 11 is 6.00. The molecule has 2 aromatic heterocycles. The summed E-state index contributed by atoms with van der Waals surface area (Å²) in [4.78, 5) is 31.0. The topological polar surface area (TPSA) is 88.0 Å². The van der Waals surface area contributed by atoms with E-state index < -0.39 is 11.7 Å². The third kappa shape index (κ3) is 3.97. The molecule has 0 aliphatic carbocycles. The second kappa shape index (κ2) is 7.70. The van der Waals surface area contributed by atoms with E-state index in [1.54, 1.807) is 42.7 Å². The van der Waals surface area contributed by atoms with Crippen LogP contribution in [0.2, 0.25) is 5.02 Å². The lowest BCUT2D eigenvalue weighted by Gasteiger charge is -2.18. The van der Waals surface area contributed by atoms with Gasteiger partial charge in [0.2, 0.25) is 5.91 Å². The summed E-state index contributed by atoms with van der Waals surface area (Å²) < 4.78 is 4.99. The van der Waals surface area contributed by atoms with Crippen molar-refractivity contribution < 1.29 is 9.21 Å². The molecule has 0 radical (unpaired) electrons. The first-order chi connectivity index (χ1) is 13.6. The summed E-state index contributed by atoms with van der Waals surface area (Å²) in [6.45, 7) is 0. The van der Waals surface area contributed by atoms with Crippen molar-refractivity contribution in [3.8, 4) is 0 Å². The van der Waals surface area contributed by atoms with Crippen molar-refractivity contribution in [1.82, 2.24) is 9.97 Å². The maximum Gasteiger partial charge on any atom is 0.417 e. The standard InChI is InChI=1S/C21H16ClN3O3/c22-15-3-1-14(2-4-15)17(11-13-7-9-23-10-8-13)20(26)24-16-5-6-19-18(12-16)25-21(27)28-19/h1-10,12,17H,11H2,(H,24,26)(H,25,27). The summed E-state index contributed by atoms with van der Waals surface area (Å²) in [6, 6.07) is 16.0. The van der Waals surface area contributed by atoms with Crippen LogP contribution in [0.15, 0.2) is 76.2 Å². The summed E-state index contributed by atoms with van der Waals surface area (Å²) in [6.07, 6.45) is 3.92. The maximum absolute atomic E-state index is 13.1. The number of pyridine rings is 1. The van der Waals surface area contributed by atoms with Gasteiger partial charge in [-0.25, -0.2) is 4.79 Å². The third-order valence-corrected chi connectivity index (χ3v) is 4.72. The number of carbonyl (C=O) groups excluding carboxylic acids is 1. The number of nitrogens with zero attached hydrogens (tertiary/aromatic N) is 1. The average Bonchev–Trinajstić information content (AvgIpc) is 3.07. The van der Waals surface area contributed by atoms with Crippen LogP contribution < -0.4 is 11.1 Å². The van der Waals surface area contributed by atoms with E-state index >= 15 is 0 Å². The number of halogens is 1. The number of benzene rings is 2. The molecule has 0 saturated carbocycles.